The molecule has 1 heterocycles. The zero-order chi connectivity index (χ0) is 15.8. The number of piperidine rings is 1. The van der Waals surface area contributed by atoms with Crippen molar-refractivity contribution >= 4 is 27.3 Å². The zero-order valence-corrected chi connectivity index (χ0v) is 13.4. The van der Waals surface area contributed by atoms with Gasteiger partial charge in [0, 0.05) is 19.2 Å². The Balaban J connectivity index is 2.40. The molecule has 1 aromatic rings. The summed E-state index contributed by atoms with van der Waals surface area (Å²) in [6.45, 7) is 4.87. The molecule has 8 heteroatoms. The predicted octanol–water partition coefficient (Wildman–Crippen LogP) is 2.91. The lowest BCUT2D eigenvalue weighted by Crippen LogP contribution is -2.42. The summed E-state index contributed by atoms with van der Waals surface area (Å²) < 4.78 is 26.7. The molecule has 0 spiro atoms. The molecule has 1 fully saturated rings. The summed E-state index contributed by atoms with van der Waals surface area (Å²) in [6.07, 6.45) is 0.979. The Morgan fingerprint density at radius 1 is 1.29 bits per heavy atom. The average molecular weight is 333 g/mol. The summed E-state index contributed by atoms with van der Waals surface area (Å²) in [6, 6.07) is 3.60. The van der Waals surface area contributed by atoms with Gasteiger partial charge >= 0.3 is 0 Å². The minimum Gasteiger partial charge on any atom is -0.258 e. The third-order valence-electron chi connectivity index (χ3n) is 3.59. The van der Waals surface area contributed by atoms with Crippen LogP contribution in [0.4, 0.5) is 5.69 Å². The first-order chi connectivity index (χ1) is 9.71. The topological polar surface area (TPSA) is 80.5 Å². The van der Waals surface area contributed by atoms with E-state index < -0.39 is 20.6 Å². The van der Waals surface area contributed by atoms with E-state index in [1.54, 1.807) is 0 Å². The standard InChI is InChI=1S/C13H17ClN2O4S/c1-9-5-10(2)8-15(7-9)21(19,20)11-3-4-12(14)13(6-11)16(17)18/h3-4,6,9-10H,5,7-8H2,1-2H3/t9-,10+. The van der Waals surface area contributed by atoms with E-state index in [1.165, 1.54) is 16.4 Å². The summed E-state index contributed by atoms with van der Waals surface area (Å²) in [5.74, 6) is 0.539. The van der Waals surface area contributed by atoms with E-state index in [2.05, 4.69) is 0 Å². The van der Waals surface area contributed by atoms with Gasteiger partial charge in [-0.15, -0.1) is 0 Å². The number of benzene rings is 1. The van der Waals surface area contributed by atoms with E-state index in [-0.39, 0.29) is 21.8 Å². The first-order valence-corrected chi connectivity index (χ1v) is 8.47. The van der Waals surface area contributed by atoms with Gasteiger partial charge in [0.2, 0.25) is 10.0 Å². The molecular weight excluding hydrogens is 316 g/mol. The first-order valence-electron chi connectivity index (χ1n) is 6.66. The molecule has 0 amide bonds. The van der Waals surface area contributed by atoms with E-state index in [4.69, 9.17) is 11.6 Å². The SMILES string of the molecule is C[C@@H]1C[C@H](C)CN(S(=O)(=O)c2ccc(Cl)c([N+](=O)[O-])c2)C1. The van der Waals surface area contributed by atoms with Crippen molar-refractivity contribution in [2.24, 2.45) is 11.8 Å². The molecular formula is C13H17ClN2O4S. The van der Waals surface area contributed by atoms with E-state index in [0.29, 0.717) is 13.1 Å². The fourth-order valence-electron chi connectivity index (χ4n) is 2.74. The first kappa shape index (κ1) is 16.2. The van der Waals surface area contributed by atoms with Crippen LogP contribution < -0.4 is 0 Å². The molecule has 0 aliphatic carbocycles. The van der Waals surface area contributed by atoms with Crippen LogP contribution in [0.3, 0.4) is 0 Å². The Bertz CT molecular complexity index is 652. The van der Waals surface area contributed by atoms with Gasteiger partial charge in [0.15, 0.2) is 0 Å². The summed E-state index contributed by atoms with van der Waals surface area (Å²) >= 11 is 5.72. The maximum Gasteiger partial charge on any atom is 0.289 e. The molecule has 0 bridgehead atoms. The van der Waals surface area contributed by atoms with Crippen LogP contribution in [0.25, 0.3) is 0 Å². The number of sulfonamides is 1. The molecule has 0 unspecified atom stereocenters. The monoisotopic (exact) mass is 332 g/mol. The quantitative estimate of drug-likeness (QED) is 0.629. The lowest BCUT2D eigenvalue weighted by Gasteiger charge is -2.34. The van der Waals surface area contributed by atoms with Gasteiger partial charge in [-0.05, 0) is 30.4 Å². The van der Waals surface area contributed by atoms with Crippen LogP contribution in [0.1, 0.15) is 20.3 Å². The maximum atomic E-state index is 12.6. The highest BCUT2D eigenvalue weighted by atomic mass is 35.5. The van der Waals surface area contributed by atoms with Crippen molar-refractivity contribution in [3.63, 3.8) is 0 Å². The normalized spacial score (nSPS) is 24.0. The van der Waals surface area contributed by atoms with Gasteiger partial charge < -0.3 is 0 Å². The fraction of sp³-hybridized carbons (Fsp3) is 0.538. The van der Waals surface area contributed by atoms with Gasteiger partial charge in [0.25, 0.3) is 5.69 Å². The highest BCUT2D eigenvalue weighted by molar-refractivity contribution is 7.89. The van der Waals surface area contributed by atoms with Crippen LogP contribution in [0.2, 0.25) is 5.02 Å². The molecule has 0 radical (unpaired) electrons. The molecule has 21 heavy (non-hydrogen) atoms. The third kappa shape index (κ3) is 3.36. The van der Waals surface area contributed by atoms with Crippen molar-refractivity contribution in [3.8, 4) is 0 Å². The Kier molecular flexibility index (Phi) is 4.55. The Morgan fingerprint density at radius 2 is 1.86 bits per heavy atom. The largest absolute Gasteiger partial charge is 0.289 e. The molecule has 0 N–H and O–H groups in total. The smallest absolute Gasteiger partial charge is 0.258 e. The predicted molar refractivity (Wildman–Crippen MR) is 79.8 cm³/mol. The number of nitro benzene ring substituents is 1. The summed E-state index contributed by atoms with van der Waals surface area (Å²) in [5, 5.41) is 10.8. The minimum absolute atomic E-state index is 0.0701. The number of nitrogens with zero attached hydrogens (tertiary/aromatic N) is 2. The summed E-state index contributed by atoms with van der Waals surface area (Å²) in [7, 11) is -3.73. The van der Waals surface area contributed by atoms with Gasteiger partial charge in [0.05, 0.1) is 9.82 Å². The highest BCUT2D eigenvalue weighted by Crippen LogP contribution is 2.31. The second kappa shape index (κ2) is 5.90. The lowest BCUT2D eigenvalue weighted by atomic mass is 9.94. The number of nitro groups is 1. The Hall–Kier alpha value is -1.18. The summed E-state index contributed by atoms with van der Waals surface area (Å²) in [4.78, 5) is 10.1. The Labute approximate surface area is 128 Å². The van der Waals surface area contributed by atoms with E-state index in [1.807, 2.05) is 13.8 Å². The third-order valence-corrected chi connectivity index (χ3v) is 5.73. The van der Waals surface area contributed by atoms with Crippen molar-refractivity contribution in [3.05, 3.63) is 33.3 Å². The molecule has 0 aromatic heterocycles. The van der Waals surface area contributed by atoms with Crippen LogP contribution in [0.5, 0.6) is 0 Å². The maximum absolute atomic E-state index is 12.6. The molecule has 1 saturated heterocycles. The Morgan fingerprint density at radius 3 is 2.38 bits per heavy atom. The molecule has 2 rings (SSSR count). The zero-order valence-electron chi connectivity index (χ0n) is 11.8. The molecule has 2 atom stereocenters. The van der Waals surface area contributed by atoms with Crippen molar-refractivity contribution in [1.29, 1.82) is 0 Å². The van der Waals surface area contributed by atoms with Crippen LogP contribution >= 0.6 is 11.6 Å². The van der Waals surface area contributed by atoms with Gasteiger partial charge in [-0.1, -0.05) is 25.4 Å². The van der Waals surface area contributed by atoms with E-state index in [9.17, 15) is 18.5 Å². The number of hydrogen-bond acceptors (Lipinski definition) is 4. The summed E-state index contributed by atoms with van der Waals surface area (Å²) in [5.41, 5.74) is -0.393. The fourth-order valence-corrected chi connectivity index (χ4v) is 4.63. The minimum atomic E-state index is -3.73. The van der Waals surface area contributed by atoms with E-state index in [0.717, 1.165) is 12.5 Å². The van der Waals surface area contributed by atoms with Gasteiger partial charge in [-0.2, -0.15) is 4.31 Å². The molecule has 1 aliphatic rings. The van der Waals surface area contributed by atoms with Crippen LogP contribution in [-0.2, 0) is 10.0 Å². The number of halogens is 1. The molecule has 6 nitrogen and oxygen atoms in total. The molecule has 1 aromatic carbocycles. The van der Waals surface area contributed by atoms with Crippen molar-refractivity contribution in [2.45, 2.75) is 25.2 Å². The van der Waals surface area contributed by atoms with E-state index >= 15 is 0 Å². The molecule has 116 valence electrons. The van der Waals surface area contributed by atoms with Crippen molar-refractivity contribution in [1.82, 2.24) is 4.31 Å². The number of rotatable bonds is 3. The van der Waals surface area contributed by atoms with Gasteiger partial charge in [-0.3, -0.25) is 10.1 Å². The number of hydrogen-bond donors (Lipinski definition) is 0. The van der Waals surface area contributed by atoms with Gasteiger partial charge in [-0.25, -0.2) is 8.42 Å². The van der Waals surface area contributed by atoms with Crippen molar-refractivity contribution < 1.29 is 13.3 Å². The van der Waals surface area contributed by atoms with Crippen LogP contribution in [0, 0.1) is 22.0 Å². The molecule has 0 saturated carbocycles. The highest BCUT2D eigenvalue weighted by Gasteiger charge is 2.32. The van der Waals surface area contributed by atoms with Crippen LogP contribution in [0.15, 0.2) is 23.1 Å². The average Bonchev–Trinajstić information content (AvgIpc) is 2.37. The molecule has 1 aliphatic heterocycles. The van der Waals surface area contributed by atoms with Gasteiger partial charge in [0.1, 0.15) is 5.02 Å². The van der Waals surface area contributed by atoms with Crippen LogP contribution in [-0.4, -0.2) is 30.7 Å². The lowest BCUT2D eigenvalue weighted by molar-refractivity contribution is -0.384. The second-order valence-corrected chi connectivity index (χ2v) is 7.98. The van der Waals surface area contributed by atoms with Crippen molar-refractivity contribution in [2.75, 3.05) is 13.1 Å². The second-order valence-electron chi connectivity index (χ2n) is 5.64.